The Morgan fingerprint density at radius 3 is 1.74 bits per heavy atom. The van der Waals surface area contributed by atoms with Crippen LogP contribution < -0.4 is 34.0 Å². The van der Waals surface area contributed by atoms with Crippen LogP contribution in [-0.4, -0.2) is 144 Å². The zero-order chi connectivity index (χ0) is 61.5. The SMILES string of the molecule is COc1cc2c(Oc3ccc(CC(=O)c4cccc5cccnc45)cc3F)ccnc2cc1OCCCN1CCOCC1.COc1cc2c(Oc3ccc(CC(=O)c4ccnn(-c5ccc(F)cc5)c4=O)cn3)ccnc2cc1OCCCN1CCOCC1. The molecule has 12 rings (SSSR count). The van der Waals surface area contributed by atoms with Gasteiger partial charge in [0.1, 0.15) is 17.3 Å². The quantitative estimate of drug-likeness (QED) is 0.0432. The van der Waals surface area contributed by atoms with Crippen molar-refractivity contribution in [1.29, 1.82) is 0 Å². The summed E-state index contributed by atoms with van der Waals surface area (Å²) < 4.78 is 75.9. The molecule has 0 radical (unpaired) electrons. The Kier molecular flexibility index (Phi) is 20.0. The third-order valence-corrected chi connectivity index (χ3v) is 15.0. The molecule has 21 heteroatoms. The number of fused-ring (bicyclic) bond motifs is 3. The lowest BCUT2D eigenvalue weighted by Crippen LogP contribution is -2.37. The molecule has 0 aliphatic carbocycles. The molecule has 10 aromatic rings. The van der Waals surface area contributed by atoms with Crippen LogP contribution in [0.4, 0.5) is 8.78 Å². The number of ether oxygens (including phenoxy) is 8. The fourth-order valence-electron chi connectivity index (χ4n) is 10.4. The summed E-state index contributed by atoms with van der Waals surface area (Å²) in [5.41, 5.74) is 3.33. The van der Waals surface area contributed by atoms with Gasteiger partial charge in [0.2, 0.25) is 5.88 Å². The Bertz CT molecular complexity index is 4160. The molecule has 0 atom stereocenters. The number of para-hydroxylation sites is 1. The first-order valence-corrected chi connectivity index (χ1v) is 29.2. The molecular formula is C68H64F2N8O11. The number of morpholine rings is 2. The van der Waals surface area contributed by atoms with Crippen molar-refractivity contribution in [1.82, 2.24) is 39.5 Å². The van der Waals surface area contributed by atoms with Gasteiger partial charge >= 0.3 is 0 Å². The molecule has 2 fully saturated rings. The van der Waals surface area contributed by atoms with E-state index in [1.54, 1.807) is 75.3 Å². The van der Waals surface area contributed by atoms with Gasteiger partial charge in [0, 0.05) is 123 Å². The summed E-state index contributed by atoms with van der Waals surface area (Å²) in [6.45, 7) is 9.80. The summed E-state index contributed by atoms with van der Waals surface area (Å²) in [4.78, 5) is 61.5. The predicted molar refractivity (Wildman–Crippen MR) is 330 cm³/mol. The number of carbonyl (C=O) groups excluding carboxylic acids is 2. The number of hydrogen-bond acceptors (Lipinski definition) is 18. The number of Topliss-reactive ketones (excluding diaryl/α,β-unsaturated/α-hetero) is 2. The summed E-state index contributed by atoms with van der Waals surface area (Å²) in [7, 11) is 3.16. The number of pyridine rings is 4. The average molecular weight is 1210 g/mol. The van der Waals surface area contributed by atoms with Gasteiger partial charge < -0.3 is 37.9 Å². The molecule has 2 saturated heterocycles. The molecule has 19 nitrogen and oxygen atoms in total. The first kappa shape index (κ1) is 60.9. The van der Waals surface area contributed by atoms with Crippen LogP contribution in [0.1, 0.15) is 44.7 Å². The van der Waals surface area contributed by atoms with Crippen molar-refractivity contribution in [2.24, 2.45) is 0 Å². The molecule has 0 unspecified atom stereocenters. The second-order valence-corrected chi connectivity index (χ2v) is 21.0. The Morgan fingerprint density at radius 2 is 1.13 bits per heavy atom. The van der Waals surface area contributed by atoms with Gasteiger partial charge in [-0.1, -0.05) is 30.3 Å². The van der Waals surface area contributed by atoms with Gasteiger partial charge in [-0.3, -0.25) is 39.1 Å². The minimum Gasteiger partial charge on any atom is -0.493 e. The van der Waals surface area contributed by atoms with E-state index in [4.69, 9.17) is 37.9 Å². The van der Waals surface area contributed by atoms with E-state index in [9.17, 15) is 18.8 Å². The van der Waals surface area contributed by atoms with Gasteiger partial charge in [0.15, 0.2) is 46.1 Å². The van der Waals surface area contributed by atoms with E-state index in [1.165, 1.54) is 54.9 Å². The highest BCUT2D eigenvalue weighted by atomic mass is 19.1. The summed E-state index contributed by atoms with van der Waals surface area (Å²) >= 11 is 0. The Balaban J connectivity index is 0.000000184. The van der Waals surface area contributed by atoms with E-state index in [0.29, 0.717) is 97.9 Å². The van der Waals surface area contributed by atoms with Crippen molar-refractivity contribution < 1.29 is 56.3 Å². The van der Waals surface area contributed by atoms with Crippen molar-refractivity contribution in [3.8, 4) is 51.8 Å². The second kappa shape index (κ2) is 29.3. The summed E-state index contributed by atoms with van der Waals surface area (Å²) in [5.74, 6) is 2.05. The smallest absolute Gasteiger partial charge is 0.282 e. The lowest BCUT2D eigenvalue weighted by Gasteiger charge is -2.26. The summed E-state index contributed by atoms with van der Waals surface area (Å²) in [5, 5.41) is 6.28. The normalized spacial score (nSPS) is 13.6. The summed E-state index contributed by atoms with van der Waals surface area (Å²) in [6.07, 6.45) is 9.53. The third kappa shape index (κ3) is 15.3. The highest BCUT2D eigenvalue weighted by Crippen LogP contribution is 2.39. The van der Waals surface area contributed by atoms with E-state index >= 15 is 4.39 Å². The van der Waals surface area contributed by atoms with Crippen LogP contribution in [0.5, 0.6) is 46.1 Å². The number of carbonyl (C=O) groups is 2. The molecule has 5 aromatic carbocycles. The van der Waals surface area contributed by atoms with E-state index in [1.807, 2.05) is 42.5 Å². The van der Waals surface area contributed by atoms with Gasteiger partial charge in [-0.05, 0) is 103 Å². The molecule has 456 valence electrons. The maximum Gasteiger partial charge on any atom is 0.282 e. The Hall–Kier alpha value is -9.80. The van der Waals surface area contributed by atoms with Crippen LogP contribution in [-0.2, 0) is 22.3 Å². The molecule has 0 bridgehead atoms. The molecule has 5 aromatic heterocycles. The minimum absolute atomic E-state index is 0.0303. The van der Waals surface area contributed by atoms with Gasteiger partial charge in [-0.15, -0.1) is 0 Å². The van der Waals surface area contributed by atoms with Crippen molar-refractivity contribution in [3.63, 3.8) is 0 Å². The van der Waals surface area contributed by atoms with Gasteiger partial charge in [0.05, 0.1) is 81.7 Å². The first-order valence-electron chi connectivity index (χ1n) is 29.2. The van der Waals surface area contributed by atoms with Crippen LogP contribution in [0.15, 0.2) is 163 Å². The van der Waals surface area contributed by atoms with Crippen molar-refractivity contribution >= 4 is 44.3 Å². The molecule has 0 N–H and O–H groups in total. The van der Waals surface area contributed by atoms with Crippen LogP contribution in [0, 0.1) is 11.6 Å². The van der Waals surface area contributed by atoms with Gasteiger partial charge in [-0.25, -0.2) is 13.8 Å². The number of halogens is 2. The van der Waals surface area contributed by atoms with Crippen molar-refractivity contribution in [2.45, 2.75) is 25.7 Å². The molecule has 2 aliphatic heterocycles. The van der Waals surface area contributed by atoms with Crippen molar-refractivity contribution in [3.05, 3.63) is 203 Å². The largest absolute Gasteiger partial charge is 0.493 e. The topological polar surface area (TPSA) is 201 Å². The fraction of sp³-hybridized carbons (Fsp3) is 0.265. The third-order valence-electron chi connectivity index (χ3n) is 15.0. The predicted octanol–water partition coefficient (Wildman–Crippen LogP) is 10.9. The number of rotatable bonds is 23. The van der Waals surface area contributed by atoms with E-state index < -0.39 is 23.0 Å². The van der Waals surface area contributed by atoms with Gasteiger partial charge in [-0.2, -0.15) is 9.78 Å². The van der Waals surface area contributed by atoms with E-state index in [0.717, 1.165) is 94.0 Å². The number of ketones is 2. The number of hydrogen-bond donors (Lipinski definition) is 0. The minimum atomic E-state index is -0.589. The number of nitrogens with zero attached hydrogens (tertiary/aromatic N) is 8. The maximum absolute atomic E-state index is 15.2. The molecule has 2 aliphatic rings. The average Bonchev–Trinajstić information content (AvgIpc) is 2.57. The standard InChI is InChI=1S/C34H32FN5O6.C34H32FN3O5/c1-43-31-20-27-28(21-32(31)45-16-2-13-39-14-17-44-18-15-39)36-11-10-30(27)46-33-8-3-23(22-37-33)19-29(41)26-9-12-38-40(34(26)42)25-6-4-24(35)5-7-25;1-40-32-21-26-28(22-33(32)42-16-4-13-38-14-17-41-18-15-38)36-12-10-30(26)43-31-9-8-23(19-27(31)35)20-29(39)25-7-2-5-24-6-3-11-37-34(24)25/h3-12,20-22H,2,13-19H2,1H3;2-3,5-12,19,21-22H,4,13-18,20H2,1H3. The first-order chi connectivity index (χ1) is 43.6. The van der Waals surface area contributed by atoms with Crippen LogP contribution >= 0.6 is 0 Å². The molecule has 89 heavy (non-hydrogen) atoms. The lowest BCUT2D eigenvalue weighted by molar-refractivity contribution is 0.0357. The zero-order valence-electron chi connectivity index (χ0n) is 49.1. The highest BCUT2D eigenvalue weighted by Gasteiger charge is 2.20. The van der Waals surface area contributed by atoms with Crippen LogP contribution in [0.2, 0.25) is 0 Å². The van der Waals surface area contributed by atoms with E-state index in [2.05, 4.69) is 34.8 Å². The molecule has 0 amide bonds. The number of aromatic nitrogens is 6. The number of methoxy groups -OCH3 is 2. The Morgan fingerprint density at radius 1 is 0.539 bits per heavy atom. The van der Waals surface area contributed by atoms with Crippen LogP contribution in [0.25, 0.3) is 38.4 Å². The lowest BCUT2D eigenvalue weighted by atomic mass is 10.0. The molecular weight excluding hydrogens is 1140 g/mol. The monoisotopic (exact) mass is 1210 g/mol. The summed E-state index contributed by atoms with van der Waals surface area (Å²) in [6, 6.07) is 34.5. The van der Waals surface area contributed by atoms with Crippen LogP contribution in [0.3, 0.4) is 0 Å². The van der Waals surface area contributed by atoms with Crippen molar-refractivity contribution in [2.75, 3.05) is 93.1 Å². The molecule has 0 saturated carbocycles. The second-order valence-electron chi connectivity index (χ2n) is 21.0. The van der Waals surface area contributed by atoms with Gasteiger partial charge in [0.25, 0.3) is 5.56 Å². The fourth-order valence-corrected chi connectivity index (χ4v) is 10.4. The Labute approximate surface area is 511 Å². The molecule has 0 spiro atoms. The zero-order valence-corrected chi connectivity index (χ0v) is 49.1. The number of benzene rings is 5. The molecule has 7 heterocycles. The maximum atomic E-state index is 15.2. The highest BCUT2D eigenvalue weighted by molar-refractivity contribution is 6.07. The van der Waals surface area contributed by atoms with E-state index in [-0.39, 0.29) is 29.9 Å².